The molecule has 0 spiro atoms. The van der Waals surface area contributed by atoms with Crippen LogP contribution in [0.2, 0.25) is 0 Å². The van der Waals surface area contributed by atoms with E-state index in [1.807, 2.05) is 6.20 Å². The molecule has 74 valence electrons. The Hall–Kier alpha value is -0.940. The highest BCUT2D eigenvalue weighted by Crippen LogP contribution is 1.98. The fourth-order valence-electron chi connectivity index (χ4n) is 1.06. The lowest BCUT2D eigenvalue weighted by Crippen LogP contribution is -2.00. The van der Waals surface area contributed by atoms with Crippen molar-refractivity contribution >= 4 is 0 Å². The highest BCUT2D eigenvalue weighted by atomic mass is 16.3. The Morgan fingerprint density at radius 3 is 2.69 bits per heavy atom. The molecule has 0 aliphatic rings. The van der Waals surface area contributed by atoms with Gasteiger partial charge in [-0.2, -0.15) is 0 Å². The number of aryl methyl sites for hydroxylation is 2. The Bertz CT molecular complexity index is 215. The Labute approximate surface area is 77.0 Å². The van der Waals surface area contributed by atoms with Gasteiger partial charge >= 0.3 is 0 Å². The minimum atomic E-state index is 0.172. The fourth-order valence-corrected chi connectivity index (χ4v) is 1.06. The number of nitrogens with zero attached hydrogens (tertiary/aromatic N) is 3. The van der Waals surface area contributed by atoms with E-state index in [1.165, 1.54) is 0 Å². The van der Waals surface area contributed by atoms with Gasteiger partial charge in [-0.3, -0.25) is 4.68 Å². The van der Waals surface area contributed by atoms with Crippen molar-refractivity contribution in [1.29, 1.82) is 0 Å². The van der Waals surface area contributed by atoms with Crippen molar-refractivity contribution in [2.75, 3.05) is 13.2 Å². The SMILES string of the molecule is OCCCc1cn(CCCO)nn1. The summed E-state index contributed by atoms with van der Waals surface area (Å²) in [4.78, 5) is 0. The third-order valence-corrected chi connectivity index (χ3v) is 1.72. The first kappa shape index (κ1) is 10.1. The summed E-state index contributed by atoms with van der Waals surface area (Å²) in [6, 6.07) is 0. The maximum absolute atomic E-state index is 8.59. The van der Waals surface area contributed by atoms with Crippen LogP contribution in [0.3, 0.4) is 0 Å². The van der Waals surface area contributed by atoms with E-state index in [0.29, 0.717) is 13.0 Å². The maximum Gasteiger partial charge on any atom is 0.0828 e. The van der Waals surface area contributed by atoms with Gasteiger partial charge in [-0.15, -0.1) is 5.10 Å². The highest BCUT2D eigenvalue weighted by molar-refractivity contribution is 4.91. The second kappa shape index (κ2) is 5.66. The first-order chi connectivity index (χ1) is 6.36. The second-order valence-electron chi connectivity index (χ2n) is 2.88. The van der Waals surface area contributed by atoms with E-state index in [4.69, 9.17) is 10.2 Å². The van der Waals surface area contributed by atoms with E-state index in [-0.39, 0.29) is 13.2 Å². The van der Waals surface area contributed by atoms with E-state index >= 15 is 0 Å². The van der Waals surface area contributed by atoms with Gasteiger partial charge in [0.25, 0.3) is 0 Å². The molecule has 0 radical (unpaired) electrons. The van der Waals surface area contributed by atoms with Gasteiger partial charge in [0, 0.05) is 26.0 Å². The molecule has 0 aliphatic carbocycles. The van der Waals surface area contributed by atoms with Crippen LogP contribution < -0.4 is 0 Å². The van der Waals surface area contributed by atoms with Crippen LogP contribution in [0.1, 0.15) is 18.5 Å². The molecule has 0 saturated heterocycles. The van der Waals surface area contributed by atoms with Crippen LogP contribution in [0.15, 0.2) is 6.20 Å². The molecule has 1 rings (SSSR count). The molecule has 0 bridgehead atoms. The number of rotatable bonds is 6. The van der Waals surface area contributed by atoms with Crippen molar-refractivity contribution in [3.63, 3.8) is 0 Å². The number of hydrogen-bond donors (Lipinski definition) is 2. The number of aliphatic hydroxyl groups excluding tert-OH is 2. The van der Waals surface area contributed by atoms with Crippen LogP contribution in [-0.4, -0.2) is 38.4 Å². The monoisotopic (exact) mass is 185 g/mol. The normalized spacial score (nSPS) is 10.6. The largest absolute Gasteiger partial charge is 0.396 e. The van der Waals surface area contributed by atoms with Crippen molar-refractivity contribution < 1.29 is 10.2 Å². The minimum Gasteiger partial charge on any atom is -0.396 e. The Morgan fingerprint density at radius 1 is 1.23 bits per heavy atom. The third-order valence-electron chi connectivity index (χ3n) is 1.72. The zero-order valence-electron chi connectivity index (χ0n) is 7.56. The molecule has 0 saturated carbocycles. The third kappa shape index (κ3) is 3.52. The molecule has 5 heteroatoms. The zero-order chi connectivity index (χ0) is 9.52. The van der Waals surface area contributed by atoms with Crippen LogP contribution in [-0.2, 0) is 13.0 Å². The van der Waals surface area contributed by atoms with Gasteiger partial charge in [-0.1, -0.05) is 5.21 Å². The fraction of sp³-hybridized carbons (Fsp3) is 0.750. The molecule has 0 atom stereocenters. The topological polar surface area (TPSA) is 71.2 Å². The number of aromatic nitrogens is 3. The van der Waals surface area contributed by atoms with Crippen molar-refractivity contribution in [1.82, 2.24) is 15.0 Å². The van der Waals surface area contributed by atoms with E-state index in [9.17, 15) is 0 Å². The average Bonchev–Trinajstić information content (AvgIpc) is 2.59. The Morgan fingerprint density at radius 2 is 2.00 bits per heavy atom. The molecule has 0 unspecified atom stereocenters. The van der Waals surface area contributed by atoms with Crippen LogP contribution in [0, 0.1) is 0 Å². The van der Waals surface area contributed by atoms with E-state index in [0.717, 1.165) is 18.5 Å². The molecule has 0 aromatic carbocycles. The lowest BCUT2D eigenvalue weighted by molar-refractivity contribution is 0.276. The summed E-state index contributed by atoms with van der Waals surface area (Å²) in [5.41, 5.74) is 0.895. The van der Waals surface area contributed by atoms with Crippen LogP contribution in [0.5, 0.6) is 0 Å². The van der Waals surface area contributed by atoms with Crippen molar-refractivity contribution in [3.8, 4) is 0 Å². The van der Waals surface area contributed by atoms with Crippen molar-refractivity contribution in [2.24, 2.45) is 0 Å². The lowest BCUT2D eigenvalue weighted by atomic mass is 10.3. The molecule has 1 heterocycles. The summed E-state index contributed by atoms with van der Waals surface area (Å²) >= 11 is 0. The van der Waals surface area contributed by atoms with Crippen LogP contribution >= 0.6 is 0 Å². The van der Waals surface area contributed by atoms with Gasteiger partial charge in [0.2, 0.25) is 0 Å². The minimum absolute atomic E-state index is 0.172. The van der Waals surface area contributed by atoms with Crippen LogP contribution in [0.25, 0.3) is 0 Å². The summed E-state index contributed by atoms with van der Waals surface area (Å²) < 4.78 is 1.71. The Kier molecular flexibility index (Phi) is 4.42. The van der Waals surface area contributed by atoms with Crippen molar-refractivity contribution in [2.45, 2.75) is 25.8 Å². The second-order valence-corrected chi connectivity index (χ2v) is 2.88. The number of hydrogen-bond acceptors (Lipinski definition) is 4. The smallest absolute Gasteiger partial charge is 0.0828 e. The Balaban J connectivity index is 2.34. The molecular formula is C8H15N3O2. The van der Waals surface area contributed by atoms with Crippen molar-refractivity contribution in [3.05, 3.63) is 11.9 Å². The van der Waals surface area contributed by atoms with Gasteiger partial charge in [0.15, 0.2) is 0 Å². The summed E-state index contributed by atoms with van der Waals surface area (Å²) in [7, 11) is 0. The molecule has 0 aliphatic heterocycles. The van der Waals surface area contributed by atoms with Gasteiger partial charge < -0.3 is 10.2 Å². The molecule has 5 nitrogen and oxygen atoms in total. The first-order valence-electron chi connectivity index (χ1n) is 4.47. The summed E-state index contributed by atoms with van der Waals surface area (Å²) in [5.74, 6) is 0. The molecule has 0 fully saturated rings. The van der Waals surface area contributed by atoms with Gasteiger partial charge in [0.05, 0.1) is 5.69 Å². The molecular weight excluding hydrogens is 170 g/mol. The predicted molar refractivity (Wildman–Crippen MR) is 47.1 cm³/mol. The van der Waals surface area contributed by atoms with Gasteiger partial charge in [-0.05, 0) is 19.3 Å². The maximum atomic E-state index is 8.59. The van der Waals surface area contributed by atoms with E-state index < -0.39 is 0 Å². The molecule has 1 aromatic heterocycles. The van der Waals surface area contributed by atoms with Gasteiger partial charge in [0.1, 0.15) is 0 Å². The average molecular weight is 185 g/mol. The molecule has 1 aromatic rings. The quantitative estimate of drug-likeness (QED) is 0.631. The van der Waals surface area contributed by atoms with E-state index in [2.05, 4.69) is 10.3 Å². The van der Waals surface area contributed by atoms with E-state index in [1.54, 1.807) is 4.68 Å². The van der Waals surface area contributed by atoms with Gasteiger partial charge in [-0.25, -0.2) is 0 Å². The standard InChI is InChI=1S/C8H15N3O2/c12-5-1-3-8-7-11(10-9-8)4-2-6-13/h7,12-13H,1-6H2. The zero-order valence-corrected chi connectivity index (χ0v) is 7.56. The highest BCUT2D eigenvalue weighted by Gasteiger charge is 1.99. The first-order valence-corrected chi connectivity index (χ1v) is 4.47. The summed E-state index contributed by atoms with van der Waals surface area (Å²) in [5, 5.41) is 25.0. The lowest BCUT2D eigenvalue weighted by Gasteiger charge is -1.95. The number of aliphatic hydroxyl groups is 2. The molecule has 2 N–H and O–H groups in total. The summed E-state index contributed by atoms with van der Waals surface area (Å²) in [6.45, 7) is 1.05. The predicted octanol–water partition coefficient (Wildman–Crippen LogP) is -0.415. The van der Waals surface area contributed by atoms with Crippen LogP contribution in [0.4, 0.5) is 0 Å². The molecule has 0 amide bonds. The molecule has 13 heavy (non-hydrogen) atoms. The summed E-state index contributed by atoms with van der Waals surface area (Å²) in [6.07, 6.45) is 4.03.